The Labute approximate surface area is 287 Å². The van der Waals surface area contributed by atoms with Crippen LogP contribution in [0, 0.1) is 0 Å². The van der Waals surface area contributed by atoms with Crippen molar-refractivity contribution in [2.75, 3.05) is 13.2 Å². The van der Waals surface area contributed by atoms with Crippen LogP contribution in [0.5, 0.6) is 0 Å². The summed E-state index contributed by atoms with van der Waals surface area (Å²) in [7, 11) is 0. The van der Waals surface area contributed by atoms with Gasteiger partial charge >= 0.3 is 11.9 Å². The van der Waals surface area contributed by atoms with E-state index in [1.165, 1.54) is 173 Å². The molecule has 0 radical (unpaired) electrons. The maximum absolute atomic E-state index is 12.2. The summed E-state index contributed by atoms with van der Waals surface area (Å²) in [5.74, 6) is -0.574. The Bertz CT molecular complexity index is 622. The molecule has 0 aromatic carbocycles. The summed E-state index contributed by atoms with van der Waals surface area (Å²) in [6.07, 6.45) is 41.6. The van der Waals surface area contributed by atoms with Gasteiger partial charge in [0.15, 0.2) is 6.10 Å². The molecule has 5 nitrogen and oxygen atoms in total. The lowest BCUT2D eigenvalue weighted by molar-refractivity contribution is -0.161. The number of ether oxygens (including phenoxy) is 2. The number of hydrogen-bond acceptors (Lipinski definition) is 5. The van der Waals surface area contributed by atoms with Gasteiger partial charge in [-0.3, -0.25) is 9.59 Å². The molecule has 0 fully saturated rings. The van der Waals surface area contributed by atoms with E-state index in [1.54, 1.807) is 0 Å². The van der Waals surface area contributed by atoms with Crippen LogP contribution in [0.3, 0.4) is 0 Å². The van der Waals surface area contributed by atoms with E-state index in [0.29, 0.717) is 12.8 Å². The molecule has 1 atom stereocenters. The van der Waals surface area contributed by atoms with Gasteiger partial charge in [-0.25, -0.2) is 0 Å². The van der Waals surface area contributed by atoms with Crippen LogP contribution in [-0.4, -0.2) is 36.4 Å². The zero-order chi connectivity index (χ0) is 33.6. The first-order valence-corrected chi connectivity index (χ1v) is 20.6. The minimum atomic E-state index is -0.761. The molecule has 0 aromatic heterocycles. The summed E-state index contributed by atoms with van der Waals surface area (Å²) >= 11 is 0. The first-order chi connectivity index (χ1) is 22.6. The average molecular weight is 653 g/mol. The van der Waals surface area contributed by atoms with Gasteiger partial charge in [-0.2, -0.15) is 0 Å². The van der Waals surface area contributed by atoms with Crippen molar-refractivity contribution in [1.82, 2.24) is 0 Å². The molecule has 1 unspecified atom stereocenters. The van der Waals surface area contributed by atoms with Gasteiger partial charge in [0.05, 0.1) is 6.61 Å². The van der Waals surface area contributed by atoms with Crippen molar-refractivity contribution in [3.63, 3.8) is 0 Å². The molecule has 0 bridgehead atoms. The highest BCUT2D eigenvalue weighted by Gasteiger charge is 2.16. The highest BCUT2D eigenvalue weighted by atomic mass is 16.6. The molecule has 274 valence electrons. The molecule has 0 aliphatic heterocycles. The molecule has 0 saturated carbocycles. The maximum atomic E-state index is 12.2. The van der Waals surface area contributed by atoms with Crippen LogP contribution in [0.4, 0.5) is 0 Å². The number of aliphatic hydroxyl groups is 1. The fourth-order valence-electron chi connectivity index (χ4n) is 6.26. The summed E-state index contributed by atoms with van der Waals surface area (Å²) in [4.78, 5) is 24.3. The molecule has 5 heteroatoms. The number of esters is 2. The Morgan fingerprint density at radius 2 is 0.674 bits per heavy atom. The molecule has 0 aromatic rings. The second-order valence-corrected chi connectivity index (χ2v) is 14.1. The summed E-state index contributed by atoms with van der Waals surface area (Å²) in [5, 5.41) is 9.56. The number of rotatable bonds is 38. The first kappa shape index (κ1) is 44.9. The molecule has 0 heterocycles. The van der Waals surface area contributed by atoms with E-state index >= 15 is 0 Å². The Hall–Kier alpha value is -1.10. The van der Waals surface area contributed by atoms with Crippen LogP contribution in [0.2, 0.25) is 0 Å². The van der Waals surface area contributed by atoms with Gasteiger partial charge in [-0.1, -0.05) is 206 Å². The molecular formula is C41H80O5. The topological polar surface area (TPSA) is 72.8 Å². The number of carbonyl (C=O) groups excluding carboxylic acids is 2. The van der Waals surface area contributed by atoms with Crippen LogP contribution in [-0.2, 0) is 19.1 Å². The largest absolute Gasteiger partial charge is 0.462 e. The fourth-order valence-corrected chi connectivity index (χ4v) is 6.26. The standard InChI is InChI=1S/C41H80O5/c1-3-5-7-9-11-13-15-17-19-20-21-22-24-26-28-30-32-34-36-41(44)46-39(37-42)38-45-40(43)35-33-31-29-27-25-23-18-16-14-12-10-8-6-4-2/h39,42H,3-38H2,1-2H3. The van der Waals surface area contributed by atoms with E-state index in [2.05, 4.69) is 13.8 Å². The normalized spacial score (nSPS) is 12.0. The molecule has 0 spiro atoms. The number of carbonyl (C=O) groups is 2. The van der Waals surface area contributed by atoms with Gasteiger partial charge in [0.25, 0.3) is 0 Å². The molecule has 1 N–H and O–H groups in total. The smallest absolute Gasteiger partial charge is 0.306 e. The lowest BCUT2D eigenvalue weighted by atomic mass is 10.0. The minimum absolute atomic E-state index is 0.0567. The van der Waals surface area contributed by atoms with E-state index < -0.39 is 6.10 Å². The summed E-state index contributed by atoms with van der Waals surface area (Å²) in [5.41, 5.74) is 0. The van der Waals surface area contributed by atoms with Gasteiger partial charge in [0.1, 0.15) is 6.61 Å². The van der Waals surface area contributed by atoms with Gasteiger partial charge in [0, 0.05) is 12.8 Å². The molecule has 0 aliphatic rings. The Morgan fingerprint density at radius 3 is 0.957 bits per heavy atom. The van der Waals surface area contributed by atoms with E-state index in [4.69, 9.17) is 9.47 Å². The van der Waals surface area contributed by atoms with Crippen molar-refractivity contribution in [2.24, 2.45) is 0 Å². The summed E-state index contributed by atoms with van der Waals surface area (Å²) in [6, 6.07) is 0. The lowest BCUT2D eigenvalue weighted by Crippen LogP contribution is -2.28. The Balaban J connectivity index is 3.47. The van der Waals surface area contributed by atoms with E-state index in [9.17, 15) is 14.7 Å². The second kappa shape index (κ2) is 38.3. The first-order valence-electron chi connectivity index (χ1n) is 20.6. The van der Waals surface area contributed by atoms with Gasteiger partial charge in [-0.05, 0) is 12.8 Å². The third-order valence-corrected chi connectivity index (χ3v) is 9.40. The van der Waals surface area contributed by atoms with Crippen molar-refractivity contribution < 1.29 is 24.2 Å². The third kappa shape index (κ3) is 35.7. The highest BCUT2D eigenvalue weighted by molar-refractivity contribution is 5.70. The van der Waals surface area contributed by atoms with E-state index in [0.717, 1.165) is 32.1 Å². The maximum Gasteiger partial charge on any atom is 0.306 e. The zero-order valence-corrected chi connectivity index (χ0v) is 31.1. The molecule has 0 aliphatic carbocycles. The van der Waals surface area contributed by atoms with Crippen molar-refractivity contribution in [3.05, 3.63) is 0 Å². The predicted octanol–water partition coefficient (Wildman–Crippen LogP) is 12.7. The predicted molar refractivity (Wildman–Crippen MR) is 196 cm³/mol. The highest BCUT2D eigenvalue weighted by Crippen LogP contribution is 2.16. The molecule has 0 rings (SSSR count). The van der Waals surface area contributed by atoms with E-state index in [-0.39, 0.29) is 25.2 Å². The fraction of sp³-hybridized carbons (Fsp3) is 0.951. The van der Waals surface area contributed by atoms with E-state index in [1.807, 2.05) is 0 Å². The molecule has 46 heavy (non-hydrogen) atoms. The third-order valence-electron chi connectivity index (χ3n) is 9.40. The number of unbranched alkanes of at least 4 members (excludes halogenated alkanes) is 30. The monoisotopic (exact) mass is 653 g/mol. The van der Waals surface area contributed by atoms with Crippen molar-refractivity contribution in [3.8, 4) is 0 Å². The average Bonchev–Trinajstić information content (AvgIpc) is 3.06. The zero-order valence-electron chi connectivity index (χ0n) is 31.1. The minimum Gasteiger partial charge on any atom is -0.462 e. The van der Waals surface area contributed by atoms with Crippen LogP contribution in [0.25, 0.3) is 0 Å². The van der Waals surface area contributed by atoms with Crippen LogP contribution in [0.15, 0.2) is 0 Å². The summed E-state index contributed by atoms with van der Waals surface area (Å²) in [6.45, 7) is 4.17. The number of hydrogen-bond donors (Lipinski definition) is 1. The quantitative estimate of drug-likeness (QED) is 0.0531. The van der Waals surface area contributed by atoms with Crippen LogP contribution < -0.4 is 0 Å². The van der Waals surface area contributed by atoms with Crippen LogP contribution in [0.1, 0.15) is 232 Å². The summed E-state index contributed by atoms with van der Waals surface area (Å²) < 4.78 is 10.6. The van der Waals surface area contributed by atoms with Gasteiger partial charge < -0.3 is 14.6 Å². The number of aliphatic hydroxyl groups excluding tert-OH is 1. The second-order valence-electron chi connectivity index (χ2n) is 14.1. The SMILES string of the molecule is CCCCCCCCCCCCCCCCCCCCC(=O)OC(CO)COC(=O)CCCCCCCCCCCCCCCC. The Morgan fingerprint density at radius 1 is 0.413 bits per heavy atom. The van der Waals surface area contributed by atoms with Gasteiger partial charge in [0.2, 0.25) is 0 Å². The Kier molecular flexibility index (Phi) is 37.4. The lowest BCUT2D eigenvalue weighted by Gasteiger charge is -2.15. The van der Waals surface area contributed by atoms with Crippen molar-refractivity contribution >= 4 is 11.9 Å². The molecule has 0 saturated heterocycles. The molecule has 0 amide bonds. The van der Waals surface area contributed by atoms with Crippen molar-refractivity contribution in [2.45, 2.75) is 238 Å². The van der Waals surface area contributed by atoms with Gasteiger partial charge in [-0.15, -0.1) is 0 Å². The van der Waals surface area contributed by atoms with Crippen molar-refractivity contribution in [1.29, 1.82) is 0 Å². The molecular weight excluding hydrogens is 572 g/mol. The van der Waals surface area contributed by atoms with Crippen LogP contribution >= 0.6 is 0 Å².